The second-order valence-electron chi connectivity index (χ2n) is 4.73. The molecule has 0 aliphatic carbocycles. The first kappa shape index (κ1) is 15.9. The number of hydrogen-bond acceptors (Lipinski definition) is 2. The van der Waals surface area contributed by atoms with Crippen molar-refractivity contribution in [3.8, 4) is 5.75 Å². The van der Waals surface area contributed by atoms with Gasteiger partial charge in [0.05, 0.1) is 11.6 Å². The molecule has 1 unspecified atom stereocenters. The van der Waals surface area contributed by atoms with Crippen molar-refractivity contribution in [2.24, 2.45) is 0 Å². The fraction of sp³-hybridized carbons (Fsp3) is 0.250. The fourth-order valence-electron chi connectivity index (χ4n) is 2.01. The minimum atomic E-state index is -0.437. The molecule has 0 saturated heterocycles. The van der Waals surface area contributed by atoms with Crippen LogP contribution in [0.2, 0.25) is 0 Å². The van der Waals surface area contributed by atoms with E-state index in [1.165, 1.54) is 6.07 Å². The van der Waals surface area contributed by atoms with E-state index in [4.69, 9.17) is 4.74 Å². The van der Waals surface area contributed by atoms with Gasteiger partial charge in [-0.1, -0.05) is 6.07 Å². The van der Waals surface area contributed by atoms with Crippen LogP contribution in [0, 0.1) is 11.6 Å². The largest absolute Gasteiger partial charge is 0.496 e. The van der Waals surface area contributed by atoms with Crippen molar-refractivity contribution in [1.82, 2.24) is 5.32 Å². The Balaban J connectivity index is 2.06. The first-order valence-electron chi connectivity index (χ1n) is 6.52. The van der Waals surface area contributed by atoms with Gasteiger partial charge in [-0.2, -0.15) is 0 Å². The Kier molecular flexibility index (Phi) is 5.31. The van der Waals surface area contributed by atoms with E-state index in [0.29, 0.717) is 5.56 Å². The molecule has 0 amide bonds. The second-order valence-corrected chi connectivity index (χ2v) is 5.59. The molecule has 0 saturated carbocycles. The van der Waals surface area contributed by atoms with Crippen LogP contribution in [0.4, 0.5) is 8.78 Å². The van der Waals surface area contributed by atoms with Crippen LogP contribution in [-0.2, 0) is 6.54 Å². The third kappa shape index (κ3) is 4.02. The average Bonchev–Trinajstić information content (AvgIpc) is 2.47. The molecule has 2 aromatic rings. The van der Waals surface area contributed by atoms with Crippen LogP contribution in [0.25, 0.3) is 0 Å². The monoisotopic (exact) mass is 355 g/mol. The summed E-state index contributed by atoms with van der Waals surface area (Å²) in [5.74, 6) is -0.0952. The van der Waals surface area contributed by atoms with Gasteiger partial charge in [-0.25, -0.2) is 8.78 Å². The SMILES string of the molecule is COc1ccc(C(C)NCc2cc(F)ccc2F)cc1Br. The average molecular weight is 356 g/mol. The molecule has 21 heavy (non-hydrogen) atoms. The fourth-order valence-corrected chi connectivity index (χ4v) is 2.57. The topological polar surface area (TPSA) is 21.3 Å². The highest BCUT2D eigenvalue weighted by Crippen LogP contribution is 2.28. The zero-order valence-electron chi connectivity index (χ0n) is 11.8. The van der Waals surface area contributed by atoms with Crippen molar-refractivity contribution in [2.45, 2.75) is 19.5 Å². The molecule has 1 N–H and O–H groups in total. The summed E-state index contributed by atoms with van der Waals surface area (Å²) in [7, 11) is 1.61. The van der Waals surface area contributed by atoms with Gasteiger partial charge in [-0.3, -0.25) is 0 Å². The van der Waals surface area contributed by atoms with Crippen LogP contribution >= 0.6 is 15.9 Å². The quantitative estimate of drug-likeness (QED) is 0.846. The Bertz CT molecular complexity index is 634. The van der Waals surface area contributed by atoms with E-state index in [-0.39, 0.29) is 12.6 Å². The van der Waals surface area contributed by atoms with Crippen molar-refractivity contribution in [3.05, 3.63) is 63.6 Å². The molecule has 1 atom stereocenters. The first-order chi connectivity index (χ1) is 10.0. The molecule has 0 heterocycles. The Morgan fingerprint density at radius 1 is 1.19 bits per heavy atom. The lowest BCUT2D eigenvalue weighted by molar-refractivity contribution is 0.411. The van der Waals surface area contributed by atoms with Crippen LogP contribution in [0.5, 0.6) is 5.75 Å². The second kappa shape index (κ2) is 7.00. The van der Waals surface area contributed by atoms with Crippen molar-refractivity contribution in [1.29, 1.82) is 0 Å². The number of benzene rings is 2. The molecule has 0 aromatic heterocycles. The molecule has 5 heteroatoms. The molecule has 2 rings (SSSR count). The van der Waals surface area contributed by atoms with Gasteiger partial charge in [-0.05, 0) is 58.7 Å². The van der Waals surface area contributed by atoms with E-state index in [1.54, 1.807) is 7.11 Å². The number of rotatable bonds is 5. The predicted octanol–water partition coefficient (Wildman–Crippen LogP) is 4.59. The van der Waals surface area contributed by atoms with E-state index in [0.717, 1.165) is 27.9 Å². The van der Waals surface area contributed by atoms with Crippen molar-refractivity contribution >= 4 is 15.9 Å². The summed E-state index contributed by atoms with van der Waals surface area (Å²) in [6.45, 7) is 2.22. The van der Waals surface area contributed by atoms with Gasteiger partial charge in [0.25, 0.3) is 0 Å². The smallest absolute Gasteiger partial charge is 0.133 e. The van der Waals surface area contributed by atoms with Gasteiger partial charge in [-0.15, -0.1) is 0 Å². The summed E-state index contributed by atoms with van der Waals surface area (Å²) < 4.78 is 32.7. The summed E-state index contributed by atoms with van der Waals surface area (Å²) >= 11 is 3.43. The minimum Gasteiger partial charge on any atom is -0.496 e. The third-order valence-electron chi connectivity index (χ3n) is 3.28. The van der Waals surface area contributed by atoms with E-state index in [1.807, 2.05) is 25.1 Å². The summed E-state index contributed by atoms with van der Waals surface area (Å²) in [4.78, 5) is 0. The number of halogens is 3. The molecule has 2 aromatic carbocycles. The van der Waals surface area contributed by atoms with Gasteiger partial charge in [0, 0.05) is 18.2 Å². The van der Waals surface area contributed by atoms with E-state index < -0.39 is 11.6 Å². The maximum absolute atomic E-state index is 13.6. The maximum Gasteiger partial charge on any atom is 0.133 e. The summed E-state index contributed by atoms with van der Waals surface area (Å²) in [6, 6.07) is 9.19. The van der Waals surface area contributed by atoms with E-state index in [2.05, 4.69) is 21.2 Å². The molecule has 2 nitrogen and oxygen atoms in total. The lowest BCUT2D eigenvalue weighted by Crippen LogP contribution is -2.19. The van der Waals surface area contributed by atoms with Crippen LogP contribution in [0.15, 0.2) is 40.9 Å². The van der Waals surface area contributed by atoms with Gasteiger partial charge < -0.3 is 10.1 Å². The highest BCUT2D eigenvalue weighted by molar-refractivity contribution is 9.10. The summed E-state index contributed by atoms with van der Waals surface area (Å²) in [6.07, 6.45) is 0. The third-order valence-corrected chi connectivity index (χ3v) is 3.90. The molecule has 0 bridgehead atoms. The normalized spacial score (nSPS) is 12.2. The van der Waals surface area contributed by atoms with Gasteiger partial charge in [0.2, 0.25) is 0 Å². The molecule has 0 aliphatic heterocycles. The molecular formula is C16H16BrF2NO. The highest BCUT2D eigenvalue weighted by atomic mass is 79.9. The molecule has 0 radical (unpaired) electrons. The van der Waals surface area contributed by atoms with E-state index >= 15 is 0 Å². The van der Waals surface area contributed by atoms with Crippen molar-refractivity contribution in [2.75, 3.05) is 7.11 Å². The Morgan fingerprint density at radius 3 is 2.62 bits per heavy atom. The number of nitrogens with one attached hydrogen (secondary N) is 1. The molecular weight excluding hydrogens is 340 g/mol. The number of ether oxygens (including phenoxy) is 1. The van der Waals surface area contributed by atoms with Crippen LogP contribution in [0.3, 0.4) is 0 Å². The standard InChI is InChI=1S/C16H16BrF2NO/c1-10(11-3-6-16(21-2)14(17)8-11)20-9-12-7-13(18)4-5-15(12)19/h3-8,10,20H,9H2,1-2H3. The molecule has 0 aliphatic rings. The molecule has 112 valence electrons. The van der Waals surface area contributed by atoms with E-state index in [9.17, 15) is 8.78 Å². The zero-order chi connectivity index (χ0) is 15.4. The van der Waals surface area contributed by atoms with Crippen LogP contribution in [0.1, 0.15) is 24.1 Å². The van der Waals surface area contributed by atoms with Crippen molar-refractivity contribution < 1.29 is 13.5 Å². The predicted molar refractivity (Wildman–Crippen MR) is 82.3 cm³/mol. The lowest BCUT2D eigenvalue weighted by Gasteiger charge is -2.16. The maximum atomic E-state index is 13.6. The van der Waals surface area contributed by atoms with Gasteiger partial charge in [0.1, 0.15) is 17.4 Å². The van der Waals surface area contributed by atoms with Crippen LogP contribution in [-0.4, -0.2) is 7.11 Å². The minimum absolute atomic E-state index is 0.00475. The summed E-state index contributed by atoms with van der Waals surface area (Å²) in [5, 5.41) is 3.18. The number of hydrogen-bond donors (Lipinski definition) is 1. The zero-order valence-corrected chi connectivity index (χ0v) is 13.4. The van der Waals surface area contributed by atoms with Gasteiger partial charge >= 0.3 is 0 Å². The van der Waals surface area contributed by atoms with Crippen molar-refractivity contribution in [3.63, 3.8) is 0 Å². The molecule has 0 spiro atoms. The highest BCUT2D eigenvalue weighted by Gasteiger charge is 2.10. The summed E-state index contributed by atoms with van der Waals surface area (Å²) in [5.41, 5.74) is 1.34. The number of methoxy groups -OCH3 is 1. The Hall–Kier alpha value is -1.46. The Morgan fingerprint density at radius 2 is 1.95 bits per heavy atom. The van der Waals surface area contributed by atoms with Gasteiger partial charge in [0.15, 0.2) is 0 Å². The van der Waals surface area contributed by atoms with Crippen LogP contribution < -0.4 is 10.1 Å². The first-order valence-corrected chi connectivity index (χ1v) is 7.31. The lowest BCUT2D eigenvalue weighted by atomic mass is 10.1. The Labute approximate surface area is 131 Å². The molecule has 0 fully saturated rings.